The zero-order chi connectivity index (χ0) is 18.4. The van der Waals surface area contributed by atoms with Crippen molar-refractivity contribution in [1.82, 2.24) is 5.32 Å². The Morgan fingerprint density at radius 3 is 2.56 bits per heavy atom. The molecule has 0 spiro atoms. The summed E-state index contributed by atoms with van der Waals surface area (Å²) in [5.74, 6) is -0.804. The zero-order valence-electron chi connectivity index (χ0n) is 13.4. The molecular weight excluding hydrogens is 364 g/mol. The van der Waals surface area contributed by atoms with Crippen molar-refractivity contribution in [3.8, 4) is 6.07 Å². The highest BCUT2D eigenvalue weighted by molar-refractivity contribution is 6.35. The van der Waals surface area contributed by atoms with Gasteiger partial charge in [0.25, 0.3) is 0 Å². The summed E-state index contributed by atoms with van der Waals surface area (Å²) in [4.78, 5) is 12.0. The highest BCUT2D eigenvalue weighted by Gasteiger charge is 2.14. The first kappa shape index (κ1) is 19.2. The first-order chi connectivity index (χ1) is 11.9. The number of benzene rings is 2. The van der Waals surface area contributed by atoms with Crippen molar-refractivity contribution in [2.45, 2.75) is 19.4 Å². The van der Waals surface area contributed by atoms with Gasteiger partial charge in [0, 0.05) is 16.8 Å². The molecule has 2 aromatic carbocycles. The van der Waals surface area contributed by atoms with Crippen LogP contribution in [0.4, 0.5) is 10.1 Å². The van der Waals surface area contributed by atoms with E-state index in [4.69, 9.17) is 28.5 Å². The van der Waals surface area contributed by atoms with E-state index in [-0.39, 0.29) is 23.5 Å². The van der Waals surface area contributed by atoms with Gasteiger partial charge in [0.05, 0.1) is 24.1 Å². The molecule has 0 saturated carbocycles. The predicted octanol–water partition coefficient (Wildman–Crippen LogP) is 4.49. The third-order valence-electron chi connectivity index (χ3n) is 3.60. The molecule has 1 atom stereocenters. The molecule has 0 fully saturated rings. The Bertz CT molecular complexity index is 803. The van der Waals surface area contributed by atoms with Gasteiger partial charge in [0.1, 0.15) is 5.82 Å². The maximum atomic E-state index is 13.6. The molecule has 0 aromatic heterocycles. The first-order valence-corrected chi connectivity index (χ1v) is 8.30. The van der Waals surface area contributed by atoms with Crippen molar-refractivity contribution in [3.05, 3.63) is 63.4 Å². The average molecular weight is 380 g/mol. The van der Waals surface area contributed by atoms with Gasteiger partial charge in [-0.1, -0.05) is 35.3 Å². The van der Waals surface area contributed by atoms with Gasteiger partial charge < -0.3 is 10.6 Å². The zero-order valence-corrected chi connectivity index (χ0v) is 15.0. The van der Waals surface area contributed by atoms with Crippen molar-refractivity contribution >= 4 is 34.8 Å². The summed E-state index contributed by atoms with van der Waals surface area (Å²) < 4.78 is 13.6. The molecule has 0 heterocycles. The van der Waals surface area contributed by atoms with Gasteiger partial charge in [0.2, 0.25) is 5.91 Å². The Hall–Kier alpha value is -2.13. The van der Waals surface area contributed by atoms with Gasteiger partial charge >= 0.3 is 0 Å². The second kappa shape index (κ2) is 8.82. The SMILES string of the molecule is C[C@H](NCC(=O)Nc1ccc(CC#N)cc1)c1cc(F)c(Cl)cc1Cl. The fourth-order valence-electron chi connectivity index (χ4n) is 2.23. The standard InChI is InChI=1S/C18H16Cl2FN3O/c1-11(14-8-17(21)16(20)9-15(14)19)23-10-18(25)24-13-4-2-12(3-5-13)6-7-22/h2-5,8-9,11,23H,6,10H2,1H3,(H,24,25)/t11-/m0/s1. The van der Waals surface area contributed by atoms with Crippen LogP contribution in [0, 0.1) is 17.1 Å². The summed E-state index contributed by atoms with van der Waals surface area (Å²) in [6.07, 6.45) is 0.325. The molecule has 0 unspecified atom stereocenters. The number of carbonyl (C=O) groups is 1. The number of amides is 1. The van der Waals surface area contributed by atoms with E-state index < -0.39 is 5.82 Å². The van der Waals surface area contributed by atoms with Crippen LogP contribution in [0.5, 0.6) is 0 Å². The fraction of sp³-hybridized carbons (Fsp3) is 0.222. The molecule has 2 N–H and O–H groups in total. The van der Waals surface area contributed by atoms with Crippen LogP contribution in [0.15, 0.2) is 36.4 Å². The summed E-state index contributed by atoms with van der Waals surface area (Å²) in [5, 5.41) is 14.7. The predicted molar refractivity (Wildman–Crippen MR) is 97.2 cm³/mol. The van der Waals surface area contributed by atoms with E-state index in [9.17, 15) is 9.18 Å². The molecule has 130 valence electrons. The minimum Gasteiger partial charge on any atom is -0.325 e. The monoisotopic (exact) mass is 379 g/mol. The molecule has 2 aromatic rings. The number of nitrogens with zero attached hydrogens (tertiary/aromatic N) is 1. The van der Waals surface area contributed by atoms with Crippen molar-refractivity contribution in [2.24, 2.45) is 0 Å². The molecule has 1 amide bonds. The molecule has 25 heavy (non-hydrogen) atoms. The van der Waals surface area contributed by atoms with Crippen LogP contribution in [0.1, 0.15) is 24.1 Å². The summed E-state index contributed by atoms with van der Waals surface area (Å²) >= 11 is 11.7. The van der Waals surface area contributed by atoms with Gasteiger partial charge in [0.15, 0.2) is 0 Å². The van der Waals surface area contributed by atoms with Crippen LogP contribution < -0.4 is 10.6 Å². The number of hydrogen-bond donors (Lipinski definition) is 2. The van der Waals surface area contributed by atoms with Gasteiger partial charge in [-0.05, 0) is 42.3 Å². The number of hydrogen-bond acceptors (Lipinski definition) is 3. The van der Waals surface area contributed by atoms with E-state index in [0.29, 0.717) is 22.7 Å². The largest absolute Gasteiger partial charge is 0.325 e. The molecule has 7 heteroatoms. The van der Waals surface area contributed by atoms with Gasteiger partial charge in [-0.2, -0.15) is 5.26 Å². The van der Waals surface area contributed by atoms with Crippen LogP contribution in [0.2, 0.25) is 10.0 Å². The van der Waals surface area contributed by atoms with Gasteiger partial charge in [-0.25, -0.2) is 4.39 Å². The third-order valence-corrected chi connectivity index (χ3v) is 4.21. The third kappa shape index (κ3) is 5.43. The summed E-state index contributed by atoms with van der Waals surface area (Å²) in [7, 11) is 0. The van der Waals surface area contributed by atoms with E-state index >= 15 is 0 Å². The lowest BCUT2D eigenvalue weighted by atomic mass is 10.1. The lowest BCUT2D eigenvalue weighted by molar-refractivity contribution is -0.115. The van der Waals surface area contributed by atoms with E-state index in [1.807, 2.05) is 0 Å². The normalized spacial score (nSPS) is 11.6. The van der Waals surface area contributed by atoms with Crippen LogP contribution in [0.25, 0.3) is 0 Å². The van der Waals surface area contributed by atoms with Crippen LogP contribution in [-0.4, -0.2) is 12.5 Å². The molecule has 0 saturated heterocycles. The number of anilines is 1. The maximum absolute atomic E-state index is 13.6. The number of halogens is 3. The summed E-state index contributed by atoms with van der Waals surface area (Å²) in [6, 6.07) is 11.4. The van der Waals surface area contributed by atoms with Crippen LogP contribution in [0.3, 0.4) is 0 Å². The number of nitrogens with one attached hydrogen (secondary N) is 2. The van der Waals surface area contributed by atoms with Crippen molar-refractivity contribution < 1.29 is 9.18 Å². The van der Waals surface area contributed by atoms with Crippen molar-refractivity contribution in [3.63, 3.8) is 0 Å². The Labute approximate surface area is 155 Å². The smallest absolute Gasteiger partial charge is 0.238 e. The van der Waals surface area contributed by atoms with E-state index in [0.717, 1.165) is 5.56 Å². The number of nitriles is 1. The topological polar surface area (TPSA) is 64.9 Å². The van der Waals surface area contributed by atoms with Gasteiger partial charge in [-0.3, -0.25) is 4.79 Å². The quantitative estimate of drug-likeness (QED) is 0.726. The molecule has 0 aliphatic rings. The lowest BCUT2D eigenvalue weighted by Crippen LogP contribution is -2.30. The second-order valence-electron chi connectivity index (χ2n) is 5.47. The first-order valence-electron chi connectivity index (χ1n) is 7.54. The number of rotatable bonds is 6. The average Bonchev–Trinajstić information content (AvgIpc) is 2.58. The molecular formula is C18H16Cl2FN3O. The summed E-state index contributed by atoms with van der Waals surface area (Å²) in [5.41, 5.74) is 2.04. The van der Waals surface area contributed by atoms with Crippen LogP contribution in [-0.2, 0) is 11.2 Å². The van der Waals surface area contributed by atoms with E-state index in [1.165, 1.54) is 12.1 Å². The fourth-order valence-corrected chi connectivity index (χ4v) is 2.77. The van der Waals surface area contributed by atoms with Crippen molar-refractivity contribution in [1.29, 1.82) is 5.26 Å². The van der Waals surface area contributed by atoms with Gasteiger partial charge in [-0.15, -0.1) is 0 Å². The minimum absolute atomic E-state index is 0.0295. The van der Waals surface area contributed by atoms with E-state index in [1.54, 1.807) is 31.2 Å². The molecule has 0 aliphatic carbocycles. The summed E-state index contributed by atoms with van der Waals surface area (Å²) in [6.45, 7) is 1.81. The Morgan fingerprint density at radius 2 is 1.92 bits per heavy atom. The highest BCUT2D eigenvalue weighted by atomic mass is 35.5. The lowest BCUT2D eigenvalue weighted by Gasteiger charge is -2.16. The molecule has 0 aliphatic heterocycles. The number of carbonyl (C=O) groups excluding carboxylic acids is 1. The Balaban J connectivity index is 1.91. The maximum Gasteiger partial charge on any atom is 0.238 e. The molecule has 0 radical (unpaired) electrons. The molecule has 0 bridgehead atoms. The molecule has 4 nitrogen and oxygen atoms in total. The minimum atomic E-state index is -0.559. The Morgan fingerprint density at radius 1 is 1.24 bits per heavy atom. The highest BCUT2D eigenvalue weighted by Crippen LogP contribution is 2.28. The van der Waals surface area contributed by atoms with E-state index in [2.05, 4.69) is 16.7 Å². The molecule has 2 rings (SSSR count). The second-order valence-corrected chi connectivity index (χ2v) is 6.28. The van der Waals surface area contributed by atoms with Crippen LogP contribution >= 0.6 is 23.2 Å². The van der Waals surface area contributed by atoms with Crippen molar-refractivity contribution in [2.75, 3.05) is 11.9 Å². The Kier molecular flexibility index (Phi) is 6.77.